The molecule has 2 aliphatic carbocycles. The molecule has 5 aromatic carbocycles. The third-order valence-corrected chi connectivity index (χ3v) is 7.93. The summed E-state index contributed by atoms with van der Waals surface area (Å²) in [6, 6.07) is 39.9. The molecule has 0 saturated heterocycles. The van der Waals surface area contributed by atoms with Crippen molar-refractivity contribution in [2.24, 2.45) is 0 Å². The molecule has 1 heteroatoms. The standard InChI is InChI=1S/C34H27N/c1-34(2)31-15-9-8-14-28(31)29-17-16-23(21-32(29)34)26-18-19-27-25-13-7-6-10-22(25)20-30(27)33(26)35-24-11-4-3-5-12-24/h3-19,21,35H,20H2,1-2H3. The van der Waals surface area contributed by atoms with Gasteiger partial charge in [0.15, 0.2) is 0 Å². The van der Waals surface area contributed by atoms with Crippen LogP contribution in [0.15, 0.2) is 109 Å². The summed E-state index contributed by atoms with van der Waals surface area (Å²) in [5, 5.41) is 3.81. The third kappa shape index (κ3) is 3.01. The molecular weight excluding hydrogens is 422 g/mol. The molecular formula is C34H27N. The van der Waals surface area contributed by atoms with Crippen LogP contribution >= 0.6 is 0 Å². The summed E-state index contributed by atoms with van der Waals surface area (Å²) < 4.78 is 0. The van der Waals surface area contributed by atoms with Gasteiger partial charge in [-0.3, -0.25) is 0 Å². The van der Waals surface area contributed by atoms with E-state index in [0.717, 1.165) is 12.1 Å². The van der Waals surface area contributed by atoms with Crippen LogP contribution in [0.25, 0.3) is 33.4 Å². The summed E-state index contributed by atoms with van der Waals surface area (Å²) in [5.41, 5.74) is 15.9. The zero-order valence-corrected chi connectivity index (χ0v) is 20.1. The maximum absolute atomic E-state index is 3.81. The van der Waals surface area contributed by atoms with Crippen LogP contribution in [0.2, 0.25) is 0 Å². The van der Waals surface area contributed by atoms with Crippen molar-refractivity contribution in [1.29, 1.82) is 0 Å². The zero-order valence-electron chi connectivity index (χ0n) is 20.1. The molecule has 0 aromatic heterocycles. The van der Waals surface area contributed by atoms with Crippen LogP contribution in [0.1, 0.15) is 36.1 Å². The predicted octanol–water partition coefficient (Wildman–Crippen LogP) is 8.97. The minimum absolute atomic E-state index is 0.0120. The van der Waals surface area contributed by atoms with Crippen LogP contribution in [0.5, 0.6) is 0 Å². The number of para-hydroxylation sites is 1. The lowest BCUT2D eigenvalue weighted by Crippen LogP contribution is -2.14. The van der Waals surface area contributed by atoms with Gasteiger partial charge in [0.1, 0.15) is 0 Å². The van der Waals surface area contributed by atoms with Gasteiger partial charge in [-0.25, -0.2) is 0 Å². The molecule has 0 bridgehead atoms. The van der Waals surface area contributed by atoms with Gasteiger partial charge in [-0.2, -0.15) is 0 Å². The predicted molar refractivity (Wildman–Crippen MR) is 147 cm³/mol. The van der Waals surface area contributed by atoms with Gasteiger partial charge < -0.3 is 5.32 Å². The Balaban J connectivity index is 1.42. The van der Waals surface area contributed by atoms with Gasteiger partial charge in [-0.15, -0.1) is 0 Å². The highest BCUT2D eigenvalue weighted by Crippen LogP contribution is 2.51. The molecule has 168 valence electrons. The average Bonchev–Trinajstić information content (AvgIpc) is 3.38. The fourth-order valence-electron chi connectivity index (χ4n) is 6.13. The Labute approximate surface area is 207 Å². The molecule has 0 saturated carbocycles. The topological polar surface area (TPSA) is 12.0 Å². The SMILES string of the molecule is CC1(C)c2ccccc2-c2ccc(-c3ccc4c(c3Nc3ccccc3)Cc3ccccc3-4)cc21. The summed E-state index contributed by atoms with van der Waals surface area (Å²) in [5.74, 6) is 0. The van der Waals surface area contributed by atoms with Crippen LogP contribution in [0, 0.1) is 0 Å². The second-order valence-corrected chi connectivity index (χ2v) is 10.3. The van der Waals surface area contributed by atoms with E-state index in [1.54, 1.807) is 0 Å². The summed E-state index contributed by atoms with van der Waals surface area (Å²) >= 11 is 0. The van der Waals surface area contributed by atoms with Crippen molar-refractivity contribution in [3.8, 4) is 33.4 Å². The van der Waals surface area contributed by atoms with Crippen molar-refractivity contribution >= 4 is 11.4 Å². The normalized spacial score (nSPS) is 14.1. The first-order valence-electron chi connectivity index (χ1n) is 12.4. The van der Waals surface area contributed by atoms with E-state index < -0.39 is 0 Å². The molecule has 0 unspecified atom stereocenters. The number of hydrogen-bond acceptors (Lipinski definition) is 1. The number of nitrogens with one attached hydrogen (secondary N) is 1. The lowest BCUT2D eigenvalue weighted by atomic mass is 9.81. The van der Waals surface area contributed by atoms with E-state index in [2.05, 4.69) is 128 Å². The molecule has 1 nitrogen and oxygen atoms in total. The van der Waals surface area contributed by atoms with Gasteiger partial charge in [0.05, 0.1) is 5.69 Å². The van der Waals surface area contributed by atoms with Gasteiger partial charge in [-0.1, -0.05) is 105 Å². The molecule has 35 heavy (non-hydrogen) atoms. The second-order valence-electron chi connectivity index (χ2n) is 10.3. The van der Waals surface area contributed by atoms with E-state index in [0.29, 0.717) is 0 Å². The molecule has 0 fully saturated rings. The number of benzene rings is 5. The summed E-state index contributed by atoms with van der Waals surface area (Å²) in [7, 11) is 0. The van der Waals surface area contributed by atoms with Crippen LogP contribution in [-0.4, -0.2) is 0 Å². The van der Waals surface area contributed by atoms with Crippen molar-refractivity contribution in [2.45, 2.75) is 25.7 Å². The Morgan fingerprint density at radius 2 is 1.23 bits per heavy atom. The summed E-state index contributed by atoms with van der Waals surface area (Å²) in [6.45, 7) is 4.70. The number of fused-ring (bicyclic) bond motifs is 6. The Bertz CT molecular complexity index is 1610. The van der Waals surface area contributed by atoms with Crippen molar-refractivity contribution in [1.82, 2.24) is 0 Å². The second kappa shape index (κ2) is 7.45. The molecule has 0 radical (unpaired) electrons. The molecule has 0 amide bonds. The first-order valence-corrected chi connectivity index (χ1v) is 12.4. The number of anilines is 2. The quantitative estimate of drug-likeness (QED) is 0.284. The first kappa shape index (κ1) is 20.3. The van der Waals surface area contributed by atoms with E-state index in [1.807, 2.05) is 0 Å². The van der Waals surface area contributed by atoms with E-state index >= 15 is 0 Å². The fraction of sp³-hybridized carbons (Fsp3) is 0.118. The van der Waals surface area contributed by atoms with Gasteiger partial charge in [-0.05, 0) is 68.3 Å². The highest BCUT2D eigenvalue weighted by atomic mass is 14.9. The van der Waals surface area contributed by atoms with Crippen LogP contribution < -0.4 is 5.32 Å². The lowest BCUT2D eigenvalue weighted by molar-refractivity contribution is 0.660. The lowest BCUT2D eigenvalue weighted by Gasteiger charge is -2.23. The minimum Gasteiger partial charge on any atom is -0.355 e. The van der Waals surface area contributed by atoms with Crippen molar-refractivity contribution < 1.29 is 0 Å². The fourth-order valence-corrected chi connectivity index (χ4v) is 6.13. The van der Waals surface area contributed by atoms with Crippen molar-refractivity contribution in [3.05, 3.63) is 131 Å². The maximum Gasteiger partial charge on any atom is 0.0506 e. The molecule has 5 aromatic rings. The number of rotatable bonds is 3. The Morgan fingerprint density at radius 1 is 0.571 bits per heavy atom. The van der Waals surface area contributed by atoms with Crippen LogP contribution in [0.4, 0.5) is 11.4 Å². The monoisotopic (exact) mass is 449 g/mol. The van der Waals surface area contributed by atoms with Gasteiger partial charge in [0, 0.05) is 23.1 Å². The van der Waals surface area contributed by atoms with E-state index in [9.17, 15) is 0 Å². The average molecular weight is 450 g/mol. The highest BCUT2D eigenvalue weighted by molar-refractivity contribution is 5.93. The Kier molecular flexibility index (Phi) is 4.32. The highest BCUT2D eigenvalue weighted by Gasteiger charge is 2.35. The molecule has 0 aliphatic heterocycles. The van der Waals surface area contributed by atoms with E-state index in [4.69, 9.17) is 0 Å². The molecule has 1 N–H and O–H groups in total. The zero-order chi connectivity index (χ0) is 23.6. The smallest absolute Gasteiger partial charge is 0.0506 e. The van der Waals surface area contributed by atoms with Crippen molar-refractivity contribution in [2.75, 3.05) is 5.32 Å². The Morgan fingerprint density at radius 3 is 2.09 bits per heavy atom. The minimum atomic E-state index is -0.0120. The van der Waals surface area contributed by atoms with Crippen LogP contribution in [0.3, 0.4) is 0 Å². The third-order valence-electron chi connectivity index (χ3n) is 7.93. The Hall–Kier alpha value is -4.10. The molecule has 0 spiro atoms. The van der Waals surface area contributed by atoms with Crippen LogP contribution in [-0.2, 0) is 11.8 Å². The van der Waals surface area contributed by atoms with Gasteiger partial charge in [0.25, 0.3) is 0 Å². The molecule has 0 heterocycles. The number of hydrogen-bond donors (Lipinski definition) is 1. The molecule has 0 atom stereocenters. The maximum atomic E-state index is 3.81. The summed E-state index contributed by atoms with van der Waals surface area (Å²) in [4.78, 5) is 0. The van der Waals surface area contributed by atoms with E-state index in [-0.39, 0.29) is 5.41 Å². The van der Waals surface area contributed by atoms with E-state index in [1.165, 1.54) is 61.3 Å². The molecule has 2 aliphatic rings. The van der Waals surface area contributed by atoms with Gasteiger partial charge in [0.2, 0.25) is 0 Å². The largest absolute Gasteiger partial charge is 0.355 e. The molecule has 7 rings (SSSR count). The summed E-state index contributed by atoms with van der Waals surface area (Å²) in [6.07, 6.45) is 0.955. The van der Waals surface area contributed by atoms with Crippen molar-refractivity contribution in [3.63, 3.8) is 0 Å². The first-order chi connectivity index (χ1) is 17.1. The van der Waals surface area contributed by atoms with Gasteiger partial charge >= 0.3 is 0 Å².